The predicted octanol–water partition coefficient (Wildman–Crippen LogP) is 2.72. The molecule has 1 aromatic heterocycles. The van der Waals surface area contributed by atoms with Crippen molar-refractivity contribution < 1.29 is 8.42 Å². The highest BCUT2D eigenvalue weighted by molar-refractivity contribution is 9.10. The largest absolute Gasteiger partial charge is 0.263 e. The minimum Gasteiger partial charge on any atom is -0.253 e. The molecule has 0 bridgehead atoms. The molecule has 0 spiro atoms. The maximum Gasteiger partial charge on any atom is 0.263 e. The van der Waals surface area contributed by atoms with Crippen LogP contribution >= 0.6 is 27.3 Å². The van der Waals surface area contributed by atoms with Gasteiger partial charge in [-0.15, -0.1) is 10.2 Å². The second-order valence-corrected chi connectivity index (χ2v) is 7.39. The molecule has 0 aliphatic heterocycles. The van der Waals surface area contributed by atoms with Crippen LogP contribution in [-0.2, 0) is 10.0 Å². The summed E-state index contributed by atoms with van der Waals surface area (Å²) in [4.78, 5) is 0.235. The summed E-state index contributed by atoms with van der Waals surface area (Å²) in [5, 5.41) is 8.49. The van der Waals surface area contributed by atoms with Gasteiger partial charge in [-0.05, 0) is 37.6 Å². The Morgan fingerprint density at radius 1 is 1.28 bits per heavy atom. The average Bonchev–Trinajstić information content (AvgIpc) is 2.62. The van der Waals surface area contributed by atoms with Crippen LogP contribution in [0.1, 0.15) is 10.6 Å². The number of benzene rings is 1. The van der Waals surface area contributed by atoms with Crippen molar-refractivity contribution in [3.05, 3.63) is 33.2 Å². The number of anilines is 1. The van der Waals surface area contributed by atoms with E-state index in [-0.39, 0.29) is 10.0 Å². The first kappa shape index (κ1) is 13.4. The van der Waals surface area contributed by atoms with Gasteiger partial charge in [-0.3, -0.25) is 4.72 Å². The molecule has 0 aliphatic rings. The Kier molecular flexibility index (Phi) is 3.69. The van der Waals surface area contributed by atoms with Crippen LogP contribution in [0.15, 0.2) is 27.6 Å². The van der Waals surface area contributed by atoms with Gasteiger partial charge in [0, 0.05) is 4.47 Å². The van der Waals surface area contributed by atoms with Crippen LogP contribution in [0.2, 0.25) is 0 Å². The second-order valence-electron chi connectivity index (χ2n) is 3.64. The number of hydrogen-bond acceptors (Lipinski definition) is 5. The lowest BCUT2D eigenvalue weighted by Gasteiger charge is -2.07. The van der Waals surface area contributed by atoms with E-state index in [1.807, 2.05) is 0 Å². The summed E-state index contributed by atoms with van der Waals surface area (Å²) < 4.78 is 27.6. The summed E-state index contributed by atoms with van der Waals surface area (Å²) in [6.07, 6.45) is 0. The van der Waals surface area contributed by atoms with Crippen LogP contribution in [0, 0.1) is 13.8 Å². The molecule has 2 aromatic rings. The maximum absolute atomic E-state index is 12.2. The quantitative estimate of drug-likeness (QED) is 0.926. The average molecular weight is 348 g/mol. The zero-order chi connectivity index (χ0) is 13.3. The smallest absolute Gasteiger partial charge is 0.253 e. The molecule has 18 heavy (non-hydrogen) atoms. The van der Waals surface area contributed by atoms with E-state index in [2.05, 4.69) is 30.8 Å². The van der Waals surface area contributed by atoms with E-state index in [9.17, 15) is 8.42 Å². The molecular weight excluding hydrogens is 338 g/mol. The van der Waals surface area contributed by atoms with Crippen molar-refractivity contribution in [3.8, 4) is 0 Å². The lowest BCUT2D eigenvalue weighted by atomic mass is 10.2. The fraction of sp³-hybridized carbons (Fsp3) is 0.200. The van der Waals surface area contributed by atoms with Crippen molar-refractivity contribution >= 4 is 42.4 Å². The molecule has 0 unspecified atom stereocenters. The van der Waals surface area contributed by atoms with Crippen molar-refractivity contribution in [2.75, 3.05) is 4.72 Å². The molecular formula is C10H10BrN3O2S2. The van der Waals surface area contributed by atoms with Crippen LogP contribution < -0.4 is 4.72 Å². The summed E-state index contributed by atoms with van der Waals surface area (Å²) in [7, 11) is -3.61. The topological polar surface area (TPSA) is 72.0 Å². The molecule has 1 N–H and O–H groups in total. The molecule has 0 atom stereocenters. The van der Waals surface area contributed by atoms with Gasteiger partial charge in [0.2, 0.25) is 5.13 Å². The number of rotatable bonds is 3. The molecule has 8 heteroatoms. The van der Waals surface area contributed by atoms with Gasteiger partial charge < -0.3 is 0 Å². The molecule has 1 aromatic carbocycles. The summed E-state index contributed by atoms with van der Waals surface area (Å²) in [6.45, 7) is 3.50. The van der Waals surface area contributed by atoms with E-state index in [1.165, 1.54) is 11.3 Å². The highest BCUT2D eigenvalue weighted by Crippen LogP contribution is 2.23. The molecule has 5 nitrogen and oxygen atoms in total. The zero-order valence-corrected chi connectivity index (χ0v) is 12.9. The van der Waals surface area contributed by atoms with E-state index in [4.69, 9.17) is 0 Å². The Hall–Kier alpha value is -0.990. The van der Waals surface area contributed by atoms with E-state index in [1.54, 1.807) is 32.0 Å². The minimum absolute atomic E-state index is 0.235. The Morgan fingerprint density at radius 2 is 2.00 bits per heavy atom. The van der Waals surface area contributed by atoms with Gasteiger partial charge in [-0.25, -0.2) is 8.42 Å². The summed E-state index contributed by atoms with van der Waals surface area (Å²) in [5.41, 5.74) is 0.665. The minimum atomic E-state index is -3.61. The van der Waals surface area contributed by atoms with Crippen LogP contribution in [0.5, 0.6) is 0 Å². The number of aromatic nitrogens is 2. The van der Waals surface area contributed by atoms with Crippen LogP contribution in [0.3, 0.4) is 0 Å². The van der Waals surface area contributed by atoms with Crippen molar-refractivity contribution in [3.63, 3.8) is 0 Å². The fourth-order valence-corrected chi connectivity index (χ4v) is 3.95. The van der Waals surface area contributed by atoms with Gasteiger partial charge in [0.15, 0.2) is 0 Å². The van der Waals surface area contributed by atoms with E-state index >= 15 is 0 Å². The lowest BCUT2D eigenvalue weighted by molar-refractivity contribution is 0.600. The summed E-state index contributed by atoms with van der Waals surface area (Å²) in [5.74, 6) is 0. The second kappa shape index (κ2) is 4.94. The first-order chi connectivity index (χ1) is 8.38. The maximum atomic E-state index is 12.2. The summed E-state index contributed by atoms with van der Waals surface area (Å²) in [6, 6.07) is 4.99. The molecule has 0 amide bonds. The van der Waals surface area contributed by atoms with Crippen LogP contribution in [0.4, 0.5) is 5.13 Å². The monoisotopic (exact) mass is 347 g/mol. The number of halogens is 1. The molecule has 2 rings (SSSR count). The third-order valence-corrected chi connectivity index (χ3v) is 5.05. The van der Waals surface area contributed by atoms with Crippen molar-refractivity contribution in [2.24, 2.45) is 0 Å². The normalized spacial score (nSPS) is 11.5. The molecule has 1 heterocycles. The van der Waals surface area contributed by atoms with Gasteiger partial charge in [0.05, 0.1) is 4.90 Å². The first-order valence-electron chi connectivity index (χ1n) is 4.97. The van der Waals surface area contributed by atoms with Crippen molar-refractivity contribution in [1.29, 1.82) is 0 Å². The Labute approximate surface area is 117 Å². The highest BCUT2D eigenvalue weighted by atomic mass is 79.9. The standard InChI is InChI=1S/C10H10BrN3O2S2/c1-6-5-8(11)3-4-9(6)18(15,16)14-10-13-12-7(2)17-10/h3-5H,1-2H3,(H,13,14). The lowest BCUT2D eigenvalue weighted by Crippen LogP contribution is -2.14. The van der Waals surface area contributed by atoms with Gasteiger partial charge in [-0.2, -0.15) is 0 Å². The third kappa shape index (κ3) is 2.88. The number of nitrogens with one attached hydrogen (secondary N) is 1. The number of nitrogens with zero attached hydrogens (tertiary/aromatic N) is 2. The van der Waals surface area contributed by atoms with Crippen molar-refractivity contribution in [1.82, 2.24) is 10.2 Å². The number of sulfonamides is 1. The summed E-state index contributed by atoms with van der Waals surface area (Å²) >= 11 is 4.49. The Bertz CT molecular complexity index is 682. The first-order valence-corrected chi connectivity index (χ1v) is 8.07. The van der Waals surface area contributed by atoms with Gasteiger partial charge in [0.25, 0.3) is 10.0 Å². The van der Waals surface area contributed by atoms with Gasteiger partial charge in [-0.1, -0.05) is 27.3 Å². The Balaban J connectivity index is 2.36. The molecule has 96 valence electrons. The highest BCUT2D eigenvalue weighted by Gasteiger charge is 2.18. The van der Waals surface area contributed by atoms with E-state index in [0.717, 1.165) is 4.47 Å². The molecule has 0 saturated carbocycles. The van der Waals surface area contributed by atoms with Crippen molar-refractivity contribution in [2.45, 2.75) is 18.7 Å². The number of aryl methyl sites for hydroxylation is 2. The Morgan fingerprint density at radius 3 is 2.56 bits per heavy atom. The third-order valence-electron chi connectivity index (χ3n) is 2.17. The SMILES string of the molecule is Cc1nnc(NS(=O)(=O)c2ccc(Br)cc2C)s1. The number of hydrogen-bond donors (Lipinski definition) is 1. The molecule has 0 aliphatic carbocycles. The van der Waals surface area contributed by atoms with E-state index < -0.39 is 10.0 Å². The van der Waals surface area contributed by atoms with Gasteiger partial charge in [0.1, 0.15) is 5.01 Å². The van der Waals surface area contributed by atoms with E-state index in [0.29, 0.717) is 10.6 Å². The van der Waals surface area contributed by atoms with Crippen LogP contribution in [-0.4, -0.2) is 18.6 Å². The molecule has 0 saturated heterocycles. The molecule has 0 radical (unpaired) electrons. The molecule has 0 fully saturated rings. The van der Waals surface area contributed by atoms with Gasteiger partial charge >= 0.3 is 0 Å². The van der Waals surface area contributed by atoms with Crippen LogP contribution in [0.25, 0.3) is 0 Å². The zero-order valence-electron chi connectivity index (χ0n) is 9.64. The predicted molar refractivity (Wildman–Crippen MR) is 74.3 cm³/mol. The fourth-order valence-electron chi connectivity index (χ4n) is 1.42.